The van der Waals surface area contributed by atoms with Crippen LogP contribution in [0.3, 0.4) is 0 Å². The zero-order chi connectivity index (χ0) is 15.2. The fourth-order valence-corrected chi connectivity index (χ4v) is 2.70. The molecule has 3 unspecified atom stereocenters. The third kappa shape index (κ3) is 4.94. The number of carbonyl (C=O) groups is 1. The number of carbonyl (C=O) groups excluding carboxylic acids is 1. The smallest absolute Gasteiger partial charge is 0.392 e. The Bertz CT molecular complexity index is 304. The molecule has 1 aliphatic carbocycles. The van der Waals surface area contributed by atoms with Gasteiger partial charge in [0.1, 0.15) is 0 Å². The Balaban J connectivity index is 2.67. The van der Waals surface area contributed by atoms with Crippen LogP contribution in [0.1, 0.15) is 32.1 Å². The second-order valence-electron chi connectivity index (χ2n) is 5.21. The molecule has 118 valence electrons. The molecular weight excluding hydrogens is 275 g/mol. The van der Waals surface area contributed by atoms with Crippen molar-refractivity contribution < 1.29 is 27.8 Å². The Morgan fingerprint density at radius 3 is 2.60 bits per heavy atom. The molecule has 0 aromatic rings. The van der Waals surface area contributed by atoms with Crippen molar-refractivity contribution in [1.82, 2.24) is 5.32 Å². The first-order valence-electron chi connectivity index (χ1n) is 6.87. The number of aliphatic hydroxyl groups is 1. The Morgan fingerprint density at radius 1 is 1.40 bits per heavy atom. The molecule has 0 aromatic carbocycles. The van der Waals surface area contributed by atoms with E-state index in [2.05, 4.69) is 5.32 Å². The van der Waals surface area contributed by atoms with E-state index in [4.69, 9.17) is 9.84 Å². The first kappa shape index (κ1) is 17.2. The fourth-order valence-electron chi connectivity index (χ4n) is 2.70. The van der Waals surface area contributed by atoms with E-state index < -0.39 is 30.0 Å². The third-order valence-electron chi connectivity index (χ3n) is 3.71. The van der Waals surface area contributed by atoms with Crippen molar-refractivity contribution in [1.29, 1.82) is 0 Å². The Labute approximate surface area is 116 Å². The molecule has 7 heteroatoms. The van der Waals surface area contributed by atoms with Crippen LogP contribution in [0.15, 0.2) is 0 Å². The van der Waals surface area contributed by atoms with Crippen LogP contribution in [0, 0.1) is 11.8 Å². The summed E-state index contributed by atoms with van der Waals surface area (Å²) in [7, 11) is 1.44. The van der Waals surface area contributed by atoms with Gasteiger partial charge in [0.05, 0.1) is 18.6 Å². The molecule has 1 amide bonds. The highest BCUT2D eigenvalue weighted by atomic mass is 19.4. The van der Waals surface area contributed by atoms with E-state index >= 15 is 0 Å². The van der Waals surface area contributed by atoms with Crippen molar-refractivity contribution in [3.63, 3.8) is 0 Å². The average Bonchev–Trinajstić information content (AvgIpc) is 2.38. The van der Waals surface area contributed by atoms with Gasteiger partial charge in [0, 0.05) is 19.6 Å². The van der Waals surface area contributed by atoms with Crippen molar-refractivity contribution in [2.45, 2.75) is 44.3 Å². The summed E-state index contributed by atoms with van der Waals surface area (Å²) in [5.41, 5.74) is 0. The monoisotopic (exact) mass is 297 g/mol. The van der Waals surface area contributed by atoms with Gasteiger partial charge < -0.3 is 15.2 Å². The number of nitrogens with one attached hydrogen (secondary N) is 1. The van der Waals surface area contributed by atoms with Crippen LogP contribution >= 0.6 is 0 Å². The number of ether oxygens (including phenoxy) is 1. The standard InChI is InChI=1S/C13H22F3NO3/c1-20-8-9(6-7-18)17-12(19)10-4-2-3-5-11(10)13(14,15)16/h9-11,18H,2-8H2,1H3,(H,17,19). The summed E-state index contributed by atoms with van der Waals surface area (Å²) in [4.78, 5) is 12.1. The van der Waals surface area contributed by atoms with Gasteiger partial charge in [0.2, 0.25) is 5.91 Å². The number of amides is 1. The van der Waals surface area contributed by atoms with Gasteiger partial charge in [0.25, 0.3) is 0 Å². The highest BCUT2D eigenvalue weighted by Crippen LogP contribution is 2.41. The van der Waals surface area contributed by atoms with Gasteiger partial charge in [0.15, 0.2) is 0 Å². The molecule has 1 saturated carbocycles. The molecule has 1 aliphatic rings. The minimum atomic E-state index is -4.34. The molecule has 0 saturated heterocycles. The zero-order valence-corrected chi connectivity index (χ0v) is 11.6. The predicted molar refractivity (Wildman–Crippen MR) is 67.0 cm³/mol. The second kappa shape index (κ2) is 7.83. The van der Waals surface area contributed by atoms with E-state index in [0.717, 1.165) is 0 Å². The molecule has 1 fully saturated rings. The Hall–Kier alpha value is -0.820. The van der Waals surface area contributed by atoms with E-state index in [0.29, 0.717) is 12.8 Å². The van der Waals surface area contributed by atoms with Crippen LogP contribution in [0.2, 0.25) is 0 Å². The molecule has 0 aliphatic heterocycles. The van der Waals surface area contributed by atoms with E-state index in [1.165, 1.54) is 7.11 Å². The van der Waals surface area contributed by atoms with Crippen molar-refractivity contribution in [2.24, 2.45) is 11.8 Å². The van der Waals surface area contributed by atoms with Gasteiger partial charge in [-0.1, -0.05) is 12.8 Å². The van der Waals surface area contributed by atoms with E-state index in [1.807, 2.05) is 0 Å². The number of rotatable bonds is 6. The van der Waals surface area contributed by atoms with Gasteiger partial charge in [-0.2, -0.15) is 13.2 Å². The van der Waals surface area contributed by atoms with E-state index in [1.54, 1.807) is 0 Å². The van der Waals surface area contributed by atoms with Gasteiger partial charge in [-0.3, -0.25) is 4.79 Å². The van der Waals surface area contributed by atoms with Crippen LogP contribution < -0.4 is 5.32 Å². The molecule has 1 rings (SSSR count). The summed E-state index contributed by atoms with van der Waals surface area (Å²) in [6, 6.07) is -0.451. The van der Waals surface area contributed by atoms with Crippen LogP contribution in [0.5, 0.6) is 0 Å². The molecule has 3 atom stereocenters. The number of alkyl halides is 3. The quantitative estimate of drug-likeness (QED) is 0.787. The maximum Gasteiger partial charge on any atom is 0.392 e. The predicted octanol–water partition coefficient (Wildman–Crippen LogP) is 1.87. The topological polar surface area (TPSA) is 58.6 Å². The third-order valence-corrected chi connectivity index (χ3v) is 3.71. The molecule has 2 N–H and O–H groups in total. The average molecular weight is 297 g/mol. The van der Waals surface area contributed by atoms with E-state index in [-0.39, 0.29) is 32.5 Å². The minimum Gasteiger partial charge on any atom is -0.396 e. The molecule has 0 spiro atoms. The summed E-state index contributed by atoms with van der Waals surface area (Å²) < 4.78 is 43.7. The van der Waals surface area contributed by atoms with Crippen molar-refractivity contribution >= 4 is 5.91 Å². The largest absolute Gasteiger partial charge is 0.396 e. The molecule has 20 heavy (non-hydrogen) atoms. The lowest BCUT2D eigenvalue weighted by Crippen LogP contribution is -2.47. The summed E-state index contributed by atoms with van der Waals surface area (Å²) >= 11 is 0. The molecule has 0 radical (unpaired) electrons. The van der Waals surface area contributed by atoms with Crippen LogP contribution in [0.25, 0.3) is 0 Å². The zero-order valence-electron chi connectivity index (χ0n) is 11.6. The highest BCUT2D eigenvalue weighted by Gasteiger charge is 2.48. The lowest BCUT2D eigenvalue weighted by Gasteiger charge is -2.33. The Morgan fingerprint density at radius 2 is 2.05 bits per heavy atom. The number of hydrogen-bond acceptors (Lipinski definition) is 3. The highest BCUT2D eigenvalue weighted by molar-refractivity contribution is 5.79. The summed E-state index contributed by atoms with van der Waals surface area (Å²) in [6.07, 6.45) is -2.66. The van der Waals surface area contributed by atoms with Gasteiger partial charge in [-0.05, 0) is 19.3 Å². The molecular formula is C13H22F3NO3. The molecule has 0 aromatic heterocycles. The molecule has 4 nitrogen and oxygen atoms in total. The van der Waals surface area contributed by atoms with Crippen LogP contribution in [-0.4, -0.2) is 43.6 Å². The van der Waals surface area contributed by atoms with Gasteiger partial charge in [-0.15, -0.1) is 0 Å². The van der Waals surface area contributed by atoms with E-state index in [9.17, 15) is 18.0 Å². The van der Waals surface area contributed by atoms with Gasteiger partial charge >= 0.3 is 6.18 Å². The second-order valence-corrected chi connectivity index (χ2v) is 5.21. The fraction of sp³-hybridized carbons (Fsp3) is 0.923. The van der Waals surface area contributed by atoms with Crippen LogP contribution in [-0.2, 0) is 9.53 Å². The van der Waals surface area contributed by atoms with Crippen molar-refractivity contribution in [2.75, 3.05) is 20.3 Å². The minimum absolute atomic E-state index is 0.0104. The maximum absolute atomic E-state index is 12.9. The SMILES string of the molecule is COCC(CCO)NC(=O)C1CCCCC1C(F)(F)F. The van der Waals surface area contributed by atoms with Crippen molar-refractivity contribution in [3.05, 3.63) is 0 Å². The van der Waals surface area contributed by atoms with Crippen molar-refractivity contribution in [3.8, 4) is 0 Å². The first-order chi connectivity index (χ1) is 9.40. The number of aliphatic hydroxyl groups excluding tert-OH is 1. The normalized spacial score (nSPS) is 25.2. The lowest BCUT2D eigenvalue weighted by atomic mass is 9.78. The molecule has 0 heterocycles. The summed E-state index contributed by atoms with van der Waals surface area (Å²) in [5.74, 6) is -3.17. The summed E-state index contributed by atoms with van der Waals surface area (Å²) in [6.45, 7) is 0.0252. The Kier molecular flexibility index (Phi) is 6.75. The van der Waals surface area contributed by atoms with Crippen LogP contribution in [0.4, 0.5) is 13.2 Å². The maximum atomic E-state index is 12.9. The number of methoxy groups -OCH3 is 1. The number of halogens is 3. The molecule has 0 bridgehead atoms. The lowest BCUT2D eigenvalue weighted by molar-refractivity contribution is -0.198. The first-order valence-corrected chi connectivity index (χ1v) is 6.87. The number of hydrogen-bond donors (Lipinski definition) is 2. The van der Waals surface area contributed by atoms with Gasteiger partial charge in [-0.25, -0.2) is 0 Å². The summed E-state index contributed by atoms with van der Waals surface area (Å²) in [5, 5.41) is 11.4.